The van der Waals surface area contributed by atoms with Crippen LogP contribution in [0.4, 0.5) is 0 Å². The summed E-state index contributed by atoms with van der Waals surface area (Å²) in [6.45, 7) is 1.33. The largest absolute Gasteiger partial charge is 0.485 e. The lowest BCUT2D eigenvalue weighted by Gasteiger charge is -2.34. The zero-order valence-corrected chi connectivity index (χ0v) is 12.2. The average molecular weight is 290 g/mol. The van der Waals surface area contributed by atoms with Gasteiger partial charge < -0.3 is 20.1 Å². The van der Waals surface area contributed by atoms with E-state index in [1.54, 1.807) is 0 Å². The predicted octanol–water partition coefficient (Wildman–Crippen LogP) is 1.56. The molecule has 1 fully saturated rings. The van der Waals surface area contributed by atoms with Crippen LogP contribution in [0.15, 0.2) is 24.3 Å². The van der Waals surface area contributed by atoms with Crippen LogP contribution in [0, 0.1) is 0 Å². The third-order valence-electron chi connectivity index (χ3n) is 4.20. The van der Waals surface area contributed by atoms with Gasteiger partial charge in [-0.25, -0.2) is 0 Å². The molecule has 0 spiro atoms. The van der Waals surface area contributed by atoms with Crippen molar-refractivity contribution in [3.63, 3.8) is 0 Å². The van der Waals surface area contributed by atoms with Gasteiger partial charge in [0.15, 0.2) is 11.5 Å². The number of amides is 1. The van der Waals surface area contributed by atoms with Crippen LogP contribution in [0.5, 0.6) is 11.5 Å². The smallest absolute Gasteiger partial charge is 0.267 e. The van der Waals surface area contributed by atoms with Gasteiger partial charge in [0.1, 0.15) is 6.61 Å². The summed E-state index contributed by atoms with van der Waals surface area (Å²) in [5, 5.41) is 0. The number of benzene rings is 1. The monoisotopic (exact) mass is 290 g/mol. The van der Waals surface area contributed by atoms with E-state index in [-0.39, 0.29) is 12.5 Å². The number of carbonyl (C=O) groups excluding carboxylic acids is 1. The lowest BCUT2D eigenvalue weighted by Crippen LogP contribution is -2.51. The highest BCUT2D eigenvalue weighted by atomic mass is 16.6. The minimum Gasteiger partial charge on any atom is -0.485 e. The van der Waals surface area contributed by atoms with Gasteiger partial charge in [0, 0.05) is 19.1 Å². The van der Waals surface area contributed by atoms with Gasteiger partial charge in [0.25, 0.3) is 5.91 Å². The molecule has 1 saturated carbocycles. The van der Waals surface area contributed by atoms with Crippen molar-refractivity contribution in [2.75, 3.05) is 19.7 Å². The first-order valence-electron chi connectivity index (χ1n) is 7.68. The lowest BCUT2D eigenvalue weighted by atomic mass is 10.1. The first-order chi connectivity index (χ1) is 10.3. The second-order valence-electron chi connectivity index (χ2n) is 5.62. The third kappa shape index (κ3) is 2.97. The van der Waals surface area contributed by atoms with E-state index in [9.17, 15) is 4.79 Å². The summed E-state index contributed by atoms with van der Waals surface area (Å²) in [6, 6.07) is 7.76. The fourth-order valence-corrected chi connectivity index (χ4v) is 3.15. The second kappa shape index (κ2) is 6.35. The summed E-state index contributed by atoms with van der Waals surface area (Å²) in [6.07, 6.45) is 3.94. The molecule has 1 aromatic rings. The zero-order valence-electron chi connectivity index (χ0n) is 12.2. The second-order valence-corrected chi connectivity index (χ2v) is 5.62. The number of nitrogens with zero attached hydrogens (tertiary/aromatic N) is 1. The van der Waals surface area contributed by atoms with Crippen molar-refractivity contribution in [1.82, 2.24) is 4.90 Å². The van der Waals surface area contributed by atoms with Gasteiger partial charge in [-0.15, -0.1) is 0 Å². The Labute approximate surface area is 125 Å². The highest BCUT2D eigenvalue weighted by Crippen LogP contribution is 2.32. The van der Waals surface area contributed by atoms with Crippen LogP contribution in [-0.2, 0) is 4.79 Å². The van der Waals surface area contributed by atoms with Gasteiger partial charge >= 0.3 is 0 Å². The molecule has 2 aliphatic rings. The molecule has 1 aliphatic heterocycles. The van der Waals surface area contributed by atoms with Crippen LogP contribution in [0.2, 0.25) is 0 Å². The van der Waals surface area contributed by atoms with E-state index < -0.39 is 6.10 Å². The lowest BCUT2D eigenvalue weighted by molar-refractivity contribution is -0.143. The number of hydrogen-bond acceptors (Lipinski definition) is 4. The fraction of sp³-hybridized carbons (Fsp3) is 0.562. The zero-order chi connectivity index (χ0) is 14.7. The molecule has 1 aliphatic carbocycles. The number of ether oxygens (including phenoxy) is 2. The maximum Gasteiger partial charge on any atom is 0.267 e. The van der Waals surface area contributed by atoms with Crippen molar-refractivity contribution in [3.8, 4) is 11.5 Å². The Morgan fingerprint density at radius 2 is 1.95 bits per heavy atom. The van der Waals surface area contributed by atoms with E-state index >= 15 is 0 Å². The summed E-state index contributed by atoms with van der Waals surface area (Å²) in [7, 11) is 0. The fourth-order valence-electron chi connectivity index (χ4n) is 3.15. The van der Waals surface area contributed by atoms with Crippen molar-refractivity contribution < 1.29 is 14.3 Å². The van der Waals surface area contributed by atoms with Crippen molar-refractivity contribution in [2.24, 2.45) is 5.73 Å². The van der Waals surface area contributed by atoms with Crippen molar-refractivity contribution in [1.29, 1.82) is 0 Å². The number of fused-ring (bicyclic) bond motifs is 1. The molecule has 114 valence electrons. The number of nitrogens with two attached hydrogens (primary N) is 1. The molecule has 2 N–H and O–H groups in total. The minimum absolute atomic E-state index is 0.00172. The van der Waals surface area contributed by atoms with Crippen LogP contribution >= 0.6 is 0 Å². The van der Waals surface area contributed by atoms with Crippen molar-refractivity contribution in [2.45, 2.75) is 37.8 Å². The molecule has 1 aromatic carbocycles. The molecule has 1 atom stereocenters. The summed E-state index contributed by atoms with van der Waals surface area (Å²) in [5.74, 6) is 1.34. The molecular weight excluding hydrogens is 268 g/mol. The van der Waals surface area contributed by atoms with E-state index in [2.05, 4.69) is 0 Å². The molecule has 5 nitrogen and oxygen atoms in total. The number of hydrogen-bond donors (Lipinski definition) is 1. The minimum atomic E-state index is -0.563. The van der Waals surface area contributed by atoms with Crippen LogP contribution in [0.3, 0.4) is 0 Å². The Morgan fingerprint density at radius 3 is 2.67 bits per heavy atom. The maximum atomic E-state index is 12.8. The van der Waals surface area contributed by atoms with E-state index in [1.165, 1.54) is 12.8 Å². The van der Waals surface area contributed by atoms with E-state index in [4.69, 9.17) is 15.2 Å². The Hall–Kier alpha value is -1.75. The Morgan fingerprint density at radius 1 is 1.24 bits per heavy atom. The van der Waals surface area contributed by atoms with Crippen LogP contribution in [0.25, 0.3) is 0 Å². The Bertz CT molecular complexity index is 500. The van der Waals surface area contributed by atoms with Crippen molar-refractivity contribution >= 4 is 5.91 Å². The van der Waals surface area contributed by atoms with Crippen molar-refractivity contribution in [3.05, 3.63) is 24.3 Å². The highest BCUT2D eigenvalue weighted by Gasteiger charge is 2.34. The molecular formula is C16H22N2O3. The predicted molar refractivity (Wildman–Crippen MR) is 79.4 cm³/mol. The van der Waals surface area contributed by atoms with Crippen LogP contribution in [-0.4, -0.2) is 42.6 Å². The first-order valence-corrected chi connectivity index (χ1v) is 7.68. The molecule has 0 bridgehead atoms. The highest BCUT2D eigenvalue weighted by molar-refractivity contribution is 5.82. The quantitative estimate of drug-likeness (QED) is 0.914. The van der Waals surface area contributed by atoms with Gasteiger partial charge in [0.2, 0.25) is 6.10 Å². The number of carbonyl (C=O) groups is 1. The molecule has 5 heteroatoms. The van der Waals surface area contributed by atoms with Gasteiger partial charge in [0.05, 0.1) is 0 Å². The Kier molecular flexibility index (Phi) is 4.29. The van der Waals surface area contributed by atoms with Gasteiger partial charge in [-0.3, -0.25) is 4.79 Å². The first kappa shape index (κ1) is 14.2. The molecule has 21 heavy (non-hydrogen) atoms. The maximum absolute atomic E-state index is 12.8. The standard InChI is InChI=1S/C16H22N2O3/c17-9-10-18(12-5-1-2-6-12)16(19)15-11-20-13-7-3-4-8-14(13)21-15/h3-4,7-8,12,15H,1-2,5-6,9-11,17H2. The van der Waals surface area contributed by atoms with E-state index in [0.29, 0.717) is 30.6 Å². The topological polar surface area (TPSA) is 64.8 Å². The molecule has 1 unspecified atom stereocenters. The number of rotatable bonds is 4. The molecule has 1 heterocycles. The van der Waals surface area contributed by atoms with Crippen LogP contribution < -0.4 is 15.2 Å². The Balaban J connectivity index is 1.71. The van der Waals surface area contributed by atoms with Gasteiger partial charge in [-0.1, -0.05) is 25.0 Å². The average Bonchev–Trinajstić information content (AvgIpc) is 3.05. The summed E-state index contributed by atoms with van der Waals surface area (Å²) < 4.78 is 11.5. The van der Waals surface area contributed by atoms with E-state index in [1.807, 2.05) is 29.2 Å². The normalized spacial score (nSPS) is 21.3. The van der Waals surface area contributed by atoms with Crippen LogP contribution in [0.1, 0.15) is 25.7 Å². The molecule has 0 saturated heterocycles. The molecule has 1 amide bonds. The van der Waals surface area contributed by atoms with E-state index in [0.717, 1.165) is 12.8 Å². The SMILES string of the molecule is NCCN(C(=O)C1COc2ccccc2O1)C1CCCC1. The molecule has 0 radical (unpaired) electrons. The molecule has 0 aromatic heterocycles. The summed E-state index contributed by atoms with van der Waals surface area (Å²) >= 11 is 0. The van der Waals surface area contributed by atoms with Gasteiger partial charge in [-0.05, 0) is 25.0 Å². The number of para-hydroxylation sites is 2. The summed E-state index contributed by atoms with van der Waals surface area (Å²) in [4.78, 5) is 14.6. The molecule has 3 rings (SSSR count). The third-order valence-corrected chi connectivity index (χ3v) is 4.20. The van der Waals surface area contributed by atoms with Gasteiger partial charge in [-0.2, -0.15) is 0 Å². The summed E-state index contributed by atoms with van der Waals surface area (Å²) in [5.41, 5.74) is 5.67.